The normalized spacial score (nSPS) is 11.2. The van der Waals surface area contributed by atoms with Crippen LogP contribution in [0.1, 0.15) is 23.5 Å². The Morgan fingerprint density at radius 1 is 1.07 bits per heavy atom. The lowest BCUT2D eigenvalue weighted by Crippen LogP contribution is -2.38. The molecule has 3 aromatic rings. The van der Waals surface area contributed by atoms with Gasteiger partial charge in [0.2, 0.25) is 0 Å². The summed E-state index contributed by atoms with van der Waals surface area (Å²) in [6.07, 6.45) is 0. The molecule has 6 nitrogen and oxygen atoms in total. The van der Waals surface area contributed by atoms with Crippen LogP contribution in [0.2, 0.25) is 0 Å². The standard InChI is InChI=1S/C20H25N3O3S2/c1-5-22(6-2)11-12-23(19(24)16-8-7-13-27-16)20-21-17-14(25-3)9-10-15(26-4)18(17)28-20/h7-10,13H,5-6,11-12H2,1-4H3. The number of likely N-dealkylation sites (N-methyl/N-ethyl adjacent to an activating group) is 1. The third-order valence-electron chi connectivity index (χ3n) is 4.64. The number of aromatic nitrogens is 1. The van der Waals surface area contributed by atoms with Crippen molar-refractivity contribution in [3.63, 3.8) is 0 Å². The van der Waals surface area contributed by atoms with Crippen molar-refractivity contribution in [3.8, 4) is 11.5 Å². The Morgan fingerprint density at radius 3 is 2.39 bits per heavy atom. The zero-order valence-electron chi connectivity index (χ0n) is 16.6. The first-order chi connectivity index (χ1) is 13.6. The molecule has 0 atom stereocenters. The number of fused-ring (bicyclic) bond motifs is 1. The van der Waals surface area contributed by atoms with E-state index in [2.05, 4.69) is 18.7 Å². The molecule has 2 aromatic heterocycles. The van der Waals surface area contributed by atoms with Crippen molar-refractivity contribution in [1.29, 1.82) is 0 Å². The number of benzene rings is 1. The highest BCUT2D eigenvalue weighted by atomic mass is 32.1. The molecule has 1 aromatic carbocycles. The molecule has 0 aliphatic rings. The topological polar surface area (TPSA) is 54.9 Å². The maximum absolute atomic E-state index is 13.2. The second-order valence-corrected chi connectivity index (χ2v) is 8.03. The molecule has 0 spiro atoms. The fourth-order valence-corrected chi connectivity index (χ4v) is 4.76. The minimum Gasteiger partial charge on any atom is -0.495 e. The molecule has 28 heavy (non-hydrogen) atoms. The summed E-state index contributed by atoms with van der Waals surface area (Å²) in [4.78, 5) is 22.7. The molecule has 2 heterocycles. The predicted molar refractivity (Wildman–Crippen MR) is 117 cm³/mol. The third kappa shape index (κ3) is 4.14. The number of ether oxygens (including phenoxy) is 2. The predicted octanol–water partition coefficient (Wildman–Crippen LogP) is 4.36. The highest BCUT2D eigenvalue weighted by Crippen LogP contribution is 2.40. The monoisotopic (exact) mass is 419 g/mol. The number of thiophene rings is 1. The lowest BCUT2D eigenvalue weighted by atomic mass is 10.3. The smallest absolute Gasteiger partial charge is 0.270 e. The van der Waals surface area contributed by atoms with Gasteiger partial charge in [-0.3, -0.25) is 9.69 Å². The summed E-state index contributed by atoms with van der Waals surface area (Å²) in [5.41, 5.74) is 0.716. The van der Waals surface area contributed by atoms with Crippen LogP contribution < -0.4 is 14.4 Å². The number of amides is 1. The van der Waals surface area contributed by atoms with Crippen molar-refractivity contribution >= 4 is 43.9 Å². The first-order valence-corrected chi connectivity index (χ1v) is 10.9. The number of thiazole rings is 1. The maximum atomic E-state index is 13.2. The SMILES string of the molecule is CCN(CC)CCN(C(=O)c1cccs1)c1nc2c(OC)ccc(OC)c2s1. The van der Waals surface area contributed by atoms with E-state index in [9.17, 15) is 4.79 Å². The van der Waals surface area contributed by atoms with Crippen molar-refractivity contribution in [2.75, 3.05) is 45.3 Å². The van der Waals surface area contributed by atoms with Gasteiger partial charge in [0, 0.05) is 13.1 Å². The molecule has 0 saturated heterocycles. The zero-order valence-corrected chi connectivity index (χ0v) is 18.2. The molecular formula is C20H25N3O3S2. The van der Waals surface area contributed by atoms with Crippen LogP contribution in [0.25, 0.3) is 10.2 Å². The summed E-state index contributed by atoms with van der Waals surface area (Å²) in [6, 6.07) is 7.45. The number of carbonyl (C=O) groups is 1. The van der Waals surface area contributed by atoms with E-state index in [-0.39, 0.29) is 5.91 Å². The molecule has 150 valence electrons. The number of hydrogen-bond donors (Lipinski definition) is 0. The summed E-state index contributed by atoms with van der Waals surface area (Å²) in [5.74, 6) is 1.37. The van der Waals surface area contributed by atoms with Crippen LogP contribution in [0.15, 0.2) is 29.6 Å². The lowest BCUT2D eigenvalue weighted by molar-refractivity contribution is 0.0987. The molecule has 0 saturated carbocycles. The zero-order chi connectivity index (χ0) is 20.1. The third-order valence-corrected chi connectivity index (χ3v) is 6.59. The Balaban J connectivity index is 2.02. The van der Waals surface area contributed by atoms with Crippen LogP contribution in [-0.4, -0.2) is 56.2 Å². The van der Waals surface area contributed by atoms with Crippen LogP contribution in [0.4, 0.5) is 5.13 Å². The van der Waals surface area contributed by atoms with E-state index in [0.717, 1.165) is 30.1 Å². The van der Waals surface area contributed by atoms with Gasteiger partial charge in [-0.15, -0.1) is 11.3 Å². The minimum absolute atomic E-state index is 0.0286. The lowest BCUT2D eigenvalue weighted by Gasteiger charge is -2.24. The summed E-state index contributed by atoms with van der Waals surface area (Å²) < 4.78 is 11.8. The molecule has 0 aliphatic heterocycles. The van der Waals surface area contributed by atoms with E-state index in [0.29, 0.717) is 27.8 Å². The van der Waals surface area contributed by atoms with Gasteiger partial charge in [0.1, 0.15) is 21.7 Å². The van der Waals surface area contributed by atoms with Gasteiger partial charge < -0.3 is 14.4 Å². The van der Waals surface area contributed by atoms with Gasteiger partial charge in [-0.2, -0.15) is 0 Å². The van der Waals surface area contributed by atoms with E-state index in [4.69, 9.17) is 14.5 Å². The molecular weight excluding hydrogens is 394 g/mol. The van der Waals surface area contributed by atoms with Gasteiger partial charge in [0.15, 0.2) is 5.13 Å². The average Bonchev–Trinajstić information content (AvgIpc) is 3.40. The van der Waals surface area contributed by atoms with Crippen LogP contribution in [0.3, 0.4) is 0 Å². The first-order valence-electron chi connectivity index (χ1n) is 9.22. The first kappa shape index (κ1) is 20.6. The molecule has 0 N–H and O–H groups in total. The molecule has 0 aliphatic carbocycles. The second kappa shape index (κ2) is 9.36. The summed E-state index contributed by atoms with van der Waals surface area (Å²) in [7, 11) is 3.25. The van der Waals surface area contributed by atoms with E-state index in [1.807, 2.05) is 29.6 Å². The van der Waals surface area contributed by atoms with Crippen LogP contribution in [0.5, 0.6) is 11.5 Å². The average molecular weight is 420 g/mol. The number of methoxy groups -OCH3 is 2. The Labute approximate surface area is 173 Å². The molecule has 0 unspecified atom stereocenters. The van der Waals surface area contributed by atoms with Gasteiger partial charge in [-0.25, -0.2) is 4.98 Å². The van der Waals surface area contributed by atoms with Crippen molar-refractivity contribution in [2.45, 2.75) is 13.8 Å². The van der Waals surface area contributed by atoms with E-state index >= 15 is 0 Å². The fraction of sp³-hybridized carbons (Fsp3) is 0.400. The Kier molecular flexibility index (Phi) is 6.88. The molecule has 3 rings (SSSR count). The Bertz CT molecular complexity index is 879. The molecule has 0 radical (unpaired) electrons. The van der Waals surface area contributed by atoms with Gasteiger partial charge in [-0.1, -0.05) is 31.3 Å². The minimum atomic E-state index is -0.0286. The second-order valence-electron chi connectivity index (χ2n) is 6.11. The number of anilines is 1. The largest absolute Gasteiger partial charge is 0.495 e. The molecule has 0 bridgehead atoms. The number of nitrogens with zero attached hydrogens (tertiary/aromatic N) is 3. The van der Waals surface area contributed by atoms with Gasteiger partial charge >= 0.3 is 0 Å². The molecule has 0 fully saturated rings. The van der Waals surface area contributed by atoms with Crippen molar-refractivity contribution in [1.82, 2.24) is 9.88 Å². The summed E-state index contributed by atoms with van der Waals surface area (Å²) in [6.45, 7) is 7.50. The van der Waals surface area contributed by atoms with Crippen LogP contribution in [0, 0.1) is 0 Å². The summed E-state index contributed by atoms with van der Waals surface area (Å²) in [5, 5.41) is 2.57. The van der Waals surface area contributed by atoms with Crippen molar-refractivity contribution < 1.29 is 14.3 Å². The quantitative estimate of drug-likeness (QED) is 0.516. The molecule has 1 amide bonds. The van der Waals surface area contributed by atoms with Gasteiger partial charge in [0.25, 0.3) is 5.91 Å². The Hall–Kier alpha value is -2.16. The maximum Gasteiger partial charge on any atom is 0.270 e. The summed E-state index contributed by atoms with van der Waals surface area (Å²) >= 11 is 2.90. The fourth-order valence-electron chi connectivity index (χ4n) is 2.99. The van der Waals surface area contributed by atoms with Gasteiger partial charge in [0.05, 0.1) is 19.1 Å². The number of rotatable bonds is 9. The number of hydrogen-bond acceptors (Lipinski definition) is 7. The molecule has 8 heteroatoms. The van der Waals surface area contributed by atoms with Crippen molar-refractivity contribution in [2.24, 2.45) is 0 Å². The van der Waals surface area contributed by atoms with E-state index < -0.39 is 0 Å². The van der Waals surface area contributed by atoms with Gasteiger partial charge in [-0.05, 0) is 36.7 Å². The van der Waals surface area contributed by atoms with E-state index in [1.54, 1.807) is 19.1 Å². The Morgan fingerprint density at radius 2 is 1.79 bits per heavy atom. The van der Waals surface area contributed by atoms with E-state index in [1.165, 1.54) is 22.7 Å². The highest BCUT2D eigenvalue weighted by Gasteiger charge is 2.24. The van der Waals surface area contributed by atoms with Crippen molar-refractivity contribution in [3.05, 3.63) is 34.5 Å². The highest BCUT2D eigenvalue weighted by molar-refractivity contribution is 7.23. The number of carbonyl (C=O) groups excluding carboxylic acids is 1. The van der Waals surface area contributed by atoms with Crippen LogP contribution in [-0.2, 0) is 0 Å². The van der Waals surface area contributed by atoms with Crippen LogP contribution >= 0.6 is 22.7 Å².